The summed E-state index contributed by atoms with van der Waals surface area (Å²) in [5.41, 5.74) is 1.13. The van der Waals surface area contributed by atoms with Crippen LogP contribution < -0.4 is 10.2 Å². The van der Waals surface area contributed by atoms with E-state index in [0.717, 1.165) is 43.6 Å². The molecule has 5 nitrogen and oxygen atoms in total. The maximum Gasteiger partial charge on any atom is 0.158 e. The Kier molecular flexibility index (Phi) is 3.99. The van der Waals surface area contributed by atoms with Crippen LogP contribution in [0.3, 0.4) is 0 Å². The monoisotopic (exact) mass is 299 g/mol. The number of benzene rings is 1. The molecule has 1 unspecified atom stereocenters. The van der Waals surface area contributed by atoms with Crippen molar-refractivity contribution in [3.8, 4) is 0 Å². The van der Waals surface area contributed by atoms with Crippen LogP contribution in [-0.2, 0) is 0 Å². The largest absolute Gasteiger partial charge is 0.352 e. The lowest BCUT2D eigenvalue weighted by molar-refractivity contribution is 0.245. The van der Waals surface area contributed by atoms with E-state index in [9.17, 15) is 0 Å². The van der Waals surface area contributed by atoms with E-state index in [1.165, 1.54) is 37.7 Å². The second-order valence-corrected chi connectivity index (χ2v) is 6.50. The first-order valence-electron chi connectivity index (χ1n) is 8.54. The molecule has 1 aromatic heterocycles. The van der Waals surface area contributed by atoms with Gasteiger partial charge in [-0.1, -0.05) is 12.1 Å². The molecule has 0 radical (unpaired) electrons. The number of fused-ring (bicyclic) bond motifs is 1. The summed E-state index contributed by atoms with van der Waals surface area (Å²) in [4.78, 5) is 5.02. The van der Waals surface area contributed by atoms with Gasteiger partial charge in [0, 0.05) is 37.6 Å². The summed E-state index contributed by atoms with van der Waals surface area (Å²) >= 11 is 0. The van der Waals surface area contributed by atoms with Crippen LogP contribution in [0.15, 0.2) is 24.3 Å². The van der Waals surface area contributed by atoms with E-state index in [1.54, 1.807) is 0 Å². The highest BCUT2D eigenvalue weighted by atomic mass is 15.3. The SMILES string of the molecule is c1ccc2c(N3CCN(CCC4CCCN4)CC3)n[nH]c2c1. The molecule has 2 aliphatic rings. The highest BCUT2D eigenvalue weighted by Gasteiger charge is 2.21. The van der Waals surface area contributed by atoms with Crippen LogP contribution in [-0.4, -0.2) is 60.4 Å². The van der Waals surface area contributed by atoms with E-state index < -0.39 is 0 Å². The van der Waals surface area contributed by atoms with Gasteiger partial charge in [0.15, 0.2) is 5.82 Å². The summed E-state index contributed by atoms with van der Waals surface area (Å²) in [6.07, 6.45) is 4.01. The van der Waals surface area contributed by atoms with Crippen molar-refractivity contribution in [1.29, 1.82) is 0 Å². The third-order valence-electron chi connectivity index (χ3n) is 5.08. The van der Waals surface area contributed by atoms with Crippen molar-refractivity contribution in [1.82, 2.24) is 20.4 Å². The first kappa shape index (κ1) is 14.0. The van der Waals surface area contributed by atoms with Gasteiger partial charge in [-0.3, -0.25) is 10.00 Å². The molecule has 1 atom stereocenters. The van der Waals surface area contributed by atoms with Gasteiger partial charge >= 0.3 is 0 Å². The van der Waals surface area contributed by atoms with Gasteiger partial charge in [-0.25, -0.2) is 0 Å². The number of nitrogens with zero attached hydrogens (tertiary/aromatic N) is 3. The predicted molar refractivity (Wildman–Crippen MR) is 90.4 cm³/mol. The Morgan fingerprint density at radius 1 is 1.14 bits per heavy atom. The number of aromatic nitrogens is 2. The highest BCUT2D eigenvalue weighted by molar-refractivity contribution is 5.90. The van der Waals surface area contributed by atoms with Crippen molar-refractivity contribution in [2.24, 2.45) is 0 Å². The van der Waals surface area contributed by atoms with Crippen molar-refractivity contribution >= 4 is 16.7 Å². The van der Waals surface area contributed by atoms with Gasteiger partial charge in [-0.15, -0.1) is 0 Å². The van der Waals surface area contributed by atoms with E-state index in [0.29, 0.717) is 0 Å². The Morgan fingerprint density at radius 3 is 2.82 bits per heavy atom. The normalized spacial score (nSPS) is 23.5. The second kappa shape index (κ2) is 6.26. The number of aromatic amines is 1. The summed E-state index contributed by atoms with van der Waals surface area (Å²) in [7, 11) is 0. The molecule has 3 heterocycles. The molecule has 0 aliphatic carbocycles. The summed E-state index contributed by atoms with van der Waals surface area (Å²) < 4.78 is 0. The molecule has 0 amide bonds. The Bertz CT molecular complexity index is 608. The van der Waals surface area contributed by atoms with E-state index in [4.69, 9.17) is 0 Å². The fourth-order valence-corrected chi connectivity index (χ4v) is 3.71. The van der Waals surface area contributed by atoms with E-state index in [1.807, 2.05) is 0 Å². The topological polar surface area (TPSA) is 47.2 Å². The summed E-state index contributed by atoms with van der Waals surface area (Å²) in [5, 5.41) is 12.5. The lowest BCUT2D eigenvalue weighted by atomic mass is 10.1. The number of anilines is 1. The van der Waals surface area contributed by atoms with Gasteiger partial charge in [0.05, 0.1) is 5.52 Å². The lowest BCUT2D eigenvalue weighted by Crippen LogP contribution is -2.47. The van der Waals surface area contributed by atoms with E-state index in [-0.39, 0.29) is 0 Å². The molecule has 2 fully saturated rings. The van der Waals surface area contributed by atoms with E-state index >= 15 is 0 Å². The predicted octanol–water partition coefficient (Wildman–Crippen LogP) is 1.83. The molecular weight excluding hydrogens is 274 g/mol. The van der Waals surface area contributed by atoms with Crippen LogP contribution >= 0.6 is 0 Å². The van der Waals surface area contributed by atoms with Crippen molar-refractivity contribution < 1.29 is 0 Å². The Labute approximate surface area is 131 Å². The van der Waals surface area contributed by atoms with Gasteiger partial charge in [0.1, 0.15) is 0 Å². The van der Waals surface area contributed by atoms with Crippen molar-refractivity contribution in [2.45, 2.75) is 25.3 Å². The first-order chi connectivity index (χ1) is 10.9. The third-order valence-corrected chi connectivity index (χ3v) is 5.08. The van der Waals surface area contributed by atoms with Gasteiger partial charge in [0.25, 0.3) is 0 Å². The summed E-state index contributed by atoms with van der Waals surface area (Å²) in [5.74, 6) is 1.12. The van der Waals surface area contributed by atoms with Crippen LogP contribution in [0.5, 0.6) is 0 Å². The molecule has 2 saturated heterocycles. The molecule has 22 heavy (non-hydrogen) atoms. The molecule has 0 bridgehead atoms. The minimum atomic E-state index is 0.758. The molecule has 5 heteroatoms. The average molecular weight is 299 g/mol. The number of para-hydroxylation sites is 1. The molecule has 2 aromatic rings. The van der Waals surface area contributed by atoms with Crippen LogP contribution in [0.25, 0.3) is 10.9 Å². The Morgan fingerprint density at radius 2 is 2.00 bits per heavy atom. The van der Waals surface area contributed by atoms with Crippen LogP contribution in [0.1, 0.15) is 19.3 Å². The van der Waals surface area contributed by atoms with Gasteiger partial charge in [-0.05, 0) is 44.5 Å². The zero-order valence-corrected chi connectivity index (χ0v) is 13.1. The van der Waals surface area contributed by atoms with Gasteiger partial charge in [0.2, 0.25) is 0 Å². The highest BCUT2D eigenvalue weighted by Crippen LogP contribution is 2.24. The van der Waals surface area contributed by atoms with Gasteiger partial charge < -0.3 is 10.2 Å². The fourth-order valence-electron chi connectivity index (χ4n) is 3.71. The average Bonchev–Trinajstić information content (AvgIpc) is 3.23. The molecule has 2 aliphatic heterocycles. The number of hydrogen-bond acceptors (Lipinski definition) is 4. The summed E-state index contributed by atoms with van der Waals surface area (Å²) in [6, 6.07) is 9.16. The number of H-pyrrole nitrogens is 1. The van der Waals surface area contributed by atoms with Gasteiger partial charge in [-0.2, -0.15) is 5.10 Å². The molecule has 0 saturated carbocycles. The molecule has 1 aromatic carbocycles. The standard InChI is InChI=1S/C17H25N5/c1-2-6-16-15(5-1)17(20-19-16)22-12-10-21(11-13-22)9-7-14-4-3-8-18-14/h1-2,5-6,14,18H,3-4,7-13H2,(H,19,20). The minimum Gasteiger partial charge on any atom is -0.352 e. The molecular formula is C17H25N5. The second-order valence-electron chi connectivity index (χ2n) is 6.50. The van der Waals surface area contributed by atoms with E-state index in [2.05, 4.69) is 49.6 Å². The van der Waals surface area contributed by atoms with Crippen LogP contribution in [0.2, 0.25) is 0 Å². The lowest BCUT2D eigenvalue weighted by Gasteiger charge is -2.35. The first-order valence-corrected chi connectivity index (χ1v) is 8.54. The Hall–Kier alpha value is -1.59. The van der Waals surface area contributed by atoms with Crippen LogP contribution in [0.4, 0.5) is 5.82 Å². The third kappa shape index (κ3) is 2.83. The summed E-state index contributed by atoms with van der Waals surface area (Å²) in [6.45, 7) is 6.89. The molecule has 0 spiro atoms. The number of rotatable bonds is 4. The molecule has 4 rings (SSSR count). The van der Waals surface area contributed by atoms with Crippen molar-refractivity contribution in [3.63, 3.8) is 0 Å². The minimum absolute atomic E-state index is 0.758. The number of nitrogens with one attached hydrogen (secondary N) is 2. The zero-order valence-electron chi connectivity index (χ0n) is 13.1. The maximum atomic E-state index is 4.53. The van der Waals surface area contributed by atoms with Crippen molar-refractivity contribution in [2.75, 3.05) is 44.2 Å². The van der Waals surface area contributed by atoms with Crippen molar-refractivity contribution in [3.05, 3.63) is 24.3 Å². The molecule has 2 N–H and O–H groups in total. The quantitative estimate of drug-likeness (QED) is 0.904. The Balaban J connectivity index is 1.33. The number of hydrogen-bond donors (Lipinski definition) is 2. The van der Waals surface area contributed by atoms with Crippen LogP contribution in [0, 0.1) is 0 Å². The smallest absolute Gasteiger partial charge is 0.158 e. The number of piperazine rings is 1. The zero-order chi connectivity index (χ0) is 14.8. The molecule has 118 valence electrons. The fraction of sp³-hybridized carbons (Fsp3) is 0.588. The maximum absolute atomic E-state index is 4.53.